The van der Waals surface area contributed by atoms with E-state index in [2.05, 4.69) is 15.3 Å². The number of rotatable bonds is 2. The first-order valence-electron chi connectivity index (χ1n) is 11.3. The van der Waals surface area contributed by atoms with Crippen LogP contribution in [0.3, 0.4) is 0 Å². The van der Waals surface area contributed by atoms with Crippen LogP contribution in [0, 0.1) is 0 Å². The van der Waals surface area contributed by atoms with E-state index >= 15 is 0 Å². The molecule has 0 saturated carbocycles. The average molecular weight is 451 g/mol. The van der Waals surface area contributed by atoms with Crippen molar-refractivity contribution in [1.29, 1.82) is 0 Å². The molecule has 4 aromatic carbocycles. The number of amides is 1. The maximum absolute atomic E-state index is 13.2. The van der Waals surface area contributed by atoms with Crippen LogP contribution in [0.2, 0.25) is 0 Å². The zero-order chi connectivity index (χ0) is 23.4. The number of anilines is 1. The van der Waals surface area contributed by atoms with E-state index in [0.717, 1.165) is 49.3 Å². The number of hydrogen-bond acceptors (Lipinski definition) is 5. The normalized spacial score (nSPS) is 11.5. The molecule has 0 unspecified atom stereocenters. The zero-order valence-corrected chi connectivity index (χ0v) is 18.4. The van der Waals surface area contributed by atoms with E-state index in [1.165, 1.54) is 0 Å². The number of aromatic nitrogens is 4. The molecule has 0 aliphatic heterocycles. The molecule has 0 fully saturated rings. The number of hydrogen-bond donors (Lipinski definition) is 1. The van der Waals surface area contributed by atoms with Gasteiger partial charge in [0.2, 0.25) is 0 Å². The largest absolute Gasteiger partial charge is 0.321 e. The third-order valence-electron chi connectivity index (χ3n) is 6.31. The van der Waals surface area contributed by atoms with Crippen molar-refractivity contribution in [2.45, 2.75) is 0 Å². The van der Waals surface area contributed by atoms with Crippen LogP contribution in [0.25, 0.3) is 54.6 Å². The number of carbonyl (C=O) groups excluding carboxylic acids is 1. The zero-order valence-electron chi connectivity index (χ0n) is 18.4. The highest BCUT2D eigenvalue weighted by molar-refractivity contribution is 6.21. The minimum Gasteiger partial charge on any atom is -0.321 e. The first-order chi connectivity index (χ1) is 17.3. The standard InChI is InChI=1S/C29H17N5O/c35-29(34-22-11-3-7-17-6-1-2-8-19(17)22)18-12-13-23-24(16-18)33-28-21-10-5-15-31-26(21)25-20(27(28)32-23)9-4-14-30-25/h1-16H,(H,34,35). The number of carbonyl (C=O) groups is 1. The summed E-state index contributed by atoms with van der Waals surface area (Å²) in [6.45, 7) is 0. The lowest BCUT2D eigenvalue weighted by Crippen LogP contribution is -2.12. The lowest BCUT2D eigenvalue weighted by Gasteiger charge is -2.11. The van der Waals surface area contributed by atoms with Crippen molar-refractivity contribution in [2.24, 2.45) is 0 Å². The van der Waals surface area contributed by atoms with Gasteiger partial charge < -0.3 is 5.32 Å². The van der Waals surface area contributed by atoms with Crippen LogP contribution in [0.15, 0.2) is 97.3 Å². The first-order valence-corrected chi connectivity index (χ1v) is 11.3. The number of nitrogens with one attached hydrogen (secondary N) is 1. The molecule has 0 aliphatic rings. The fourth-order valence-corrected chi connectivity index (χ4v) is 4.67. The molecule has 0 atom stereocenters. The summed E-state index contributed by atoms with van der Waals surface area (Å²) in [5.41, 5.74) is 5.76. The van der Waals surface area contributed by atoms with Crippen LogP contribution in [-0.4, -0.2) is 25.8 Å². The second-order valence-corrected chi connectivity index (χ2v) is 8.40. The Morgan fingerprint density at radius 3 is 2.03 bits per heavy atom. The molecule has 1 N–H and O–H groups in total. The Morgan fingerprint density at radius 2 is 1.26 bits per heavy atom. The molecule has 0 radical (unpaired) electrons. The lowest BCUT2D eigenvalue weighted by atomic mass is 10.1. The van der Waals surface area contributed by atoms with Crippen molar-refractivity contribution in [3.05, 3.63) is 103 Å². The van der Waals surface area contributed by atoms with Crippen LogP contribution in [0.4, 0.5) is 5.69 Å². The summed E-state index contributed by atoms with van der Waals surface area (Å²) in [6.07, 6.45) is 3.52. The predicted molar refractivity (Wildman–Crippen MR) is 140 cm³/mol. The Bertz CT molecular complexity index is 1960. The maximum Gasteiger partial charge on any atom is 0.255 e. The Labute approximate surface area is 199 Å². The van der Waals surface area contributed by atoms with Gasteiger partial charge in [0.15, 0.2) is 0 Å². The Hall–Kier alpha value is -4.97. The summed E-state index contributed by atoms with van der Waals surface area (Å²) in [4.78, 5) is 32.2. The summed E-state index contributed by atoms with van der Waals surface area (Å²) in [5.74, 6) is -0.195. The second-order valence-electron chi connectivity index (χ2n) is 8.40. The number of benzene rings is 4. The van der Waals surface area contributed by atoms with Crippen molar-refractivity contribution >= 4 is 66.2 Å². The molecule has 3 aromatic heterocycles. The van der Waals surface area contributed by atoms with Crippen LogP contribution < -0.4 is 5.32 Å². The third-order valence-corrected chi connectivity index (χ3v) is 6.31. The fraction of sp³-hybridized carbons (Fsp3) is 0. The monoisotopic (exact) mass is 451 g/mol. The van der Waals surface area contributed by atoms with Crippen molar-refractivity contribution < 1.29 is 4.79 Å². The number of pyridine rings is 2. The molecule has 0 saturated heterocycles. The summed E-state index contributed by atoms with van der Waals surface area (Å²) < 4.78 is 0. The summed E-state index contributed by atoms with van der Waals surface area (Å²) in [7, 11) is 0. The molecule has 0 spiro atoms. The summed E-state index contributed by atoms with van der Waals surface area (Å²) in [6, 6.07) is 27.0. The van der Waals surface area contributed by atoms with Crippen molar-refractivity contribution in [3.8, 4) is 0 Å². The minimum atomic E-state index is -0.195. The molecule has 7 rings (SSSR count). The fourth-order valence-electron chi connectivity index (χ4n) is 4.67. The van der Waals surface area contributed by atoms with Crippen molar-refractivity contribution in [1.82, 2.24) is 19.9 Å². The van der Waals surface area contributed by atoms with E-state index in [-0.39, 0.29) is 5.91 Å². The van der Waals surface area contributed by atoms with Gasteiger partial charge in [-0.2, -0.15) is 0 Å². The quantitative estimate of drug-likeness (QED) is 0.247. The first kappa shape index (κ1) is 19.5. The highest BCUT2D eigenvalue weighted by Crippen LogP contribution is 2.32. The van der Waals surface area contributed by atoms with E-state index < -0.39 is 0 Å². The van der Waals surface area contributed by atoms with Gasteiger partial charge >= 0.3 is 0 Å². The molecule has 1 amide bonds. The Kier molecular flexibility index (Phi) is 4.20. The van der Waals surface area contributed by atoms with Gasteiger partial charge in [-0.3, -0.25) is 14.8 Å². The van der Waals surface area contributed by atoms with E-state index in [0.29, 0.717) is 16.6 Å². The molecule has 35 heavy (non-hydrogen) atoms. The Balaban J connectivity index is 1.39. The smallest absolute Gasteiger partial charge is 0.255 e. The SMILES string of the molecule is O=C(Nc1cccc2ccccc12)c1ccc2nc3c4cccnc4c4ncccc4c3nc2c1. The molecule has 6 heteroatoms. The number of fused-ring (bicyclic) bond motifs is 8. The highest BCUT2D eigenvalue weighted by atomic mass is 16.1. The minimum absolute atomic E-state index is 0.195. The van der Waals surface area contributed by atoms with Crippen LogP contribution in [0.1, 0.15) is 10.4 Å². The van der Waals surface area contributed by atoms with Gasteiger partial charge in [-0.05, 0) is 53.9 Å². The molecule has 0 bridgehead atoms. The topological polar surface area (TPSA) is 80.7 Å². The van der Waals surface area contributed by atoms with Gasteiger partial charge in [0.25, 0.3) is 5.91 Å². The van der Waals surface area contributed by atoms with Crippen LogP contribution >= 0.6 is 0 Å². The van der Waals surface area contributed by atoms with E-state index in [9.17, 15) is 4.79 Å². The lowest BCUT2D eigenvalue weighted by molar-refractivity contribution is 0.102. The maximum atomic E-state index is 13.2. The van der Waals surface area contributed by atoms with E-state index in [4.69, 9.17) is 9.97 Å². The number of nitrogens with zero attached hydrogens (tertiary/aromatic N) is 4. The van der Waals surface area contributed by atoms with Crippen molar-refractivity contribution in [3.63, 3.8) is 0 Å². The van der Waals surface area contributed by atoms with Crippen LogP contribution in [0.5, 0.6) is 0 Å². The Morgan fingerprint density at radius 1 is 0.600 bits per heavy atom. The van der Waals surface area contributed by atoms with Gasteiger partial charge in [-0.15, -0.1) is 0 Å². The second kappa shape index (κ2) is 7.53. The molecular weight excluding hydrogens is 434 g/mol. The molecule has 7 aromatic rings. The van der Waals surface area contributed by atoms with Crippen molar-refractivity contribution in [2.75, 3.05) is 5.32 Å². The molecule has 0 aliphatic carbocycles. The molecular formula is C29H17N5O. The van der Waals surface area contributed by atoms with Gasteiger partial charge in [0.05, 0.1) is 33.1 Å². The third kappa shape index (κ3) is 3.08. The van der Waals surface area contributed by atoms with E-state index in [1.807, 2.05) is 72.8 Å². The van der Waals surface area contributed by atoms with Gasteiger partial charge in [0.1, 0.15) is 0 Å². The molecule has 164 valence electrons. The average Bonchev–Trinajstić information content (AvgIpc) is 2.92. The highest BCUT2D eigenvalue weighted by Gasteiger charge is 2.15. The summed E-state index contributed by atoms with van der Waals surface area (Å²) in [5, 5.41) is 6.91. The molecule has 3 heterocycles. The van der Waals surface area contributed by atoms with Gasteiger partial charge in [-0.25, -0.2) is 9.97 Å². The van der Waals surface area contributed by atoms with Crippen LogP contribution in [-0.2, 0) is 0 Å². The van der Waals surface area contributed by atoms with Gasteiger partial charge in [-0.1, -0.05) is 36.4 Å². The predicted octanol–water partition coefficient (Wildman–Crippen LogP) is 6.28. The van der Waals surface area contributed by atoms with Gasteiger partial charge in [0, 0.05) is 39.8 Å². The molecule has 6 nitrogen and oxygen atoms in total. The summed E-state index contributed by atoms with van der Waals surface area (Å²) >= 11 is 0. The van der Waals surface area contributed by atoms with E-state index in [1.54, 1.807) is 24.5 Å².